The van der Waals surface area contributed by atoms with Crippen LogP contribution in [0.3, 0.4) is 0 Å². The van der Waals surface area contributed by atoms with E-state index < -0.39 is 11.9 Å². The molecular formula is C23H20FN5O2. The minimum Gasteiger partial charge on any atom is -0.338 e. The summed E-state index contributed by atoms with van der Waals surface area (Å²) >= 11 is 0. The van der Waals surface area contributed by atoms with Gasteiger partial charge in [0.1, 0.15) is 23.5 Å². The average Bonchev–Trinajstić information content (AvgIpc) is 3.40. The Kier molecular flexibility index (Phi) is 4.62. The number of rotatable bonds is 4. The van der Waals surface area contributed by atoms with Crippen LogP contribution in [0.1, 0.15) is 40.0 Å². The van der Waals surface area contributed by atoms with Gasteiger partial charge in [0.05, 0.1) is 10.9 Å². The van der Waals surface area contributed by atoms with E-state index >= 15 is 0 Å². The van der Waals surface area contributed by atoms with Crippen molar-refractivity contribution < 1.29 is 9.18 Å². The van der Waals surface area contributed by atoms with Crippen molar-refractivity contribution in [3.05, 3.63) is 93.8 Å². The van der Waals surface area contributed by atoms with E-state index in [4.69, 9.17) is 0 Å². The molecule has 4 aromatic rings. The van der Waals surface area contributed by atoms with Gasteiger partial charge in [0.15, 0.2) is 0 Å². The van der Waals surface area contributed by atoms with Crippen molar-refractivity contribution in [2.45, 2.75) is 25.4 Å². The van der Waals surface area contributed by atoms with E-state index in [0.29, 0.717) is 34.4 Å². The summed E-state index contributed by atoms with van der Waals surface area (Å²) in [6.45, 7) is 0.679. The molecule has 5 rings (SSSR count). The number of fused-ring (bicyclic) bond motifs is 2. The summed E-state index contributed by atoms with van der Waals surface area (Å²) in [5.41, 5.74) is 1.38. The highest BCUT2D eigenvalue weighted by atomic mass is 19.1. The molecule has 1 unspecified atom stereocenters. The van der Waals surface area contributed by atoms with Gasteiger partial charge in [0, 0.05) is 38.0 Å². The van der Waals surface area contributed by atoms with E-state index in [0.717, 1.165) is 18.7 Å². The van der Waals surface area contributed by atoms with Crippen molar-refractivity contribution >= 4 is 16.8 Å². The zero-order valence-corrected chi connectivity index (χ0v) is 16.9. The van der Waals surface area contributed by atoms with Gasteiger partial charge in [-0.15, -0.1) is 0 Å². The molecule has 0 saturated heterocycles. The minimum absolute atomic E-state index is 0.0740. The highest BCUT2D eigenvalue weighted by molar-refractivity contribution is 5.98. The first-order chi connectivity index (χ1) is 15.0. The van der Waals surface area contributed by atoms with Gasteiger partial charge < -0.3 is 9.88 Å². The Hall–Kier alpha value is -3.81. The van der Waals surface area contributed by atoms with Crippen LogP contribution in [0.15, 0.2) is 59.7 Å². The molecule has 31 heavy (non-hydrogen) atoms. The topological polar surface area (TPSA) is 81.8 Å². The lowest BCUT2D eigenvalue weighted by molar-refractivity contribution is 0.0941. The number of imidazole rings is 1. The lowest BCUT2D eigenvalue weighted by atomic mass is 10.0. The Morgan fingerprint density at radius 1 is 1.23 bits per heavy atom. The fourth-order valence-electron chi connectivity index (χ4n) is 4.08. The molecular weight excluding hydrogens is 397 g/mol. The summed E-state index contributed by atoms with van der Waals surface area (Å²) < 4.78 is 17.3. The quantitative estimate of drug-likeness (QED) is 0.554. The van der Waals surface area contributed by atoms with Crippen molar-refractivity contribution in [2.24, 2.45) is 7.05 Å². The number of nitrogens with zero attached hydrogens (tertiary/aromatic N) is 4. The number of benzene rings is 2. The summed E-state index contributed by atoms with van der Waals surface area (Å²) in [5, 5.41) is 3.45. The van der Waals surface area contributed by atoms with Crippen LogP contribution >= 0.6 is 0 Å². The molecule has 0 bridgehead atoms. The molecule has 1 aliphatic rings. The molecule has 156 valence electrons. The molecule has 3 heterocycles. The van der Waals surface area contributed by atoms with Crippen LogP contribution in [-0.2, 0) is 20.0 Å². The summed E-state index contributed by atoms with van der Waals surface area (Å²) in [7, 11) is 1.81. The molecule has 2 aromatic heterocycles. The van der Waals surface area contributed by atoms with Gasteiger partial charge in [-0.1, -0.05) is 12.1 Å². The standard InChI is InChI=1S/C23H20FN5O2/c1-28-11-9-25-21(28)20(14-4-2-5-16(24)12-14)27-22(30)15-7-8-17-18(13-15)26-19-6-3-10-29(19)23(17)31/h2,4-5,7-9,11-13,20H,3,6,10H2,1H3,(H,27,30). The van der Waals surface area contributed by atoms with Gasteiger partial charge in [-0.2, -0.15) is 0 Å². The van der Waals surface area contributed by atoms with Gasteiger partial charge in [-0.05, 0) is 42.3 Å². The van der Waals surface area contributed by atoms with Gasteiger partial charge in [-0.3, -0.25) is 14.2 Å². The van der Waals surface area contributed by atoms with E-state index in [1.165, 1.54) is 12.1 Å². The number of aromatic nitrogens is 4. The fraction of sp³-hybridized carbons (Fsp3) is 0.217. The average molecular weight is 417 g/mol. The third-order valence-corrected chi connectivity index (χ3v) is 5.65. The molecule has 0 radical (unpaired) electrons. The van der Waals surface area contributed by atoms with E-state index in [1.807, 2.05) is 7.05 Å². The highest BCUT2D eigenvalue weighted by Crippen LogP contribution is 2.23. The minimum atomic E-state index is -0.641. The van der Waals surface area contributed by atoms with Crippen LogP contribution in [0, 0.1) is 5.82 Å². The first kappa shape index (κ1) is 19.2. The second kappa shape index (κ2) is 7.46. The number of hydrogen-bond acceptors (Lipinski definition) is 4. The lowest BCUT2D eigenvalue weighted by Gasteiger charge is -2.19. The summed E-state index contributed by atoms with van der Waals surface area (Å²) in [6, 6.07) is 10.3. The molecule has 0 spiro atoms. The third-order valence-electron chi connectivity index (χ3n) is 5.65. The van der Waals surface area contributed by atoms with Crippen LogP contribution in [0.25, 0.3) is 10.9 Å². The first-order valence-corrected chi connectivity index (χ1v) is 10.1. The zero-order valence-electron chi connectivity index (χ0n) is 16.9. The maximum Gasteiger partial charge on any atom is 0.261 e. The van der Waals surface area contributed by atoms with E-state index in [1.54, 1.807) is 51.9 Å². The van der Waals surface area contributed by atoms with E-state index in [9.17, 15) is 14.0 Å². The predicted molar refractivity (Wildman–Crippen MR) is 113 cm³/mol. The Balaban J connectivity index is 1.52. The van der Waals surface area contributed by atoms with Crippen LogP contribution in [0.4, 0.5) is 4.39 Å². The first-order valence-electron chi connectivity index (χ1n) is 10.1. The van der Waals surface area contributed by atoms with Gasteiger partial charge >= 0.3 is 0 Å². The Morgan fingerprint density at radius 3 is 2.87 bits per heavy atom. The smallest absolute Gasteiger partial charge is 0.261 e. The number of nitrogens with one attached hydrogen (secondary N) is 1. The molecule has 0 fully saturated rings. The molecule has 8 heteroatoms. The summed E-state index contributed by atoms with van der Waals surface area (Å²) in [6.07, 6.45) is 5.04. The van der Waals surface area contributed by atoms with Crippen molar-refractivity contribution in [2.75, 3.05) is 0 Å². The number of carbonyl (C=O) groups is 1. The molecule has 0 aliphatic carbocycles. The second-order valence-corrected chi connectivity index (χ2v) is 7.68. The van der Waals surface area contributed by atoms with E-state index in [2.05, 4.69) is 15.3 Å². The molecule has 7 nitrogen and oxygen atoms in total. The monoisotopic (exact) mass is 417 g/mol. The Bertz CT molecular complexity index is 1370. The van der Waals surface area contributed by atoms with Crippen molar-refractivity contribution in [1.82, 2.24) is 24.4 Å². The number of amides is 1. The molecule has 2 aromatic carbocycles. The number of hydrogen-bond donors (Lipinski definition) is 1. The second-order valence-electron chi connectivity index (χ2n) is 7.68. The Labute approximate surface area is 177 Å². The maximum atomic E-state index is 13.9. The van der Waals surface area contributed by atoms with Crippen LogP contribution in [0.2, 0.25) is 0 Å². The van der Waals surface area contributed by atoms with Gasteiger partial charge in [0.2, 0.25) is 0 Å². The third kappa shape index (κ3) is 3.39. The van der Waals surface area contributed by atoms with Crippen molar-refractivity contribution in [1.29, 1.82) is 0 Å². The van der Waals surface area contributed by atoms with Crippen LogP contribution in [0.5, 0.6) is 0 Å². The van der Waals surface area contributed by atoms with Crippen molar-refractivity contribution in [3.8, 4) is 0 Å². The van der Waals surface area contributed by atoms with Crippen LogP contribution in [-0.4, -0.2) is 25.0 Å². The van der Waals surface area contributed by atoms with Crippen LogP contribution < -0.4 is 10.9 Å². The molecule has 1 aliphatic heterocycles. The zero-order chi connectivity index (χ0) is 21.5. The van der Waals surface area contributed by atoms with Gasteiger partial charge in [0.25, 0.3) is 11.5 Å². The summed E-state index contributed by atoms with van der Waals surface area (Å²) in [4.78, 5) is 34.7. The predicted octanol–water partition coefficient (Wildman–Crippen LogP) is 2.73. The van der Waals surface area contributed by atoms with E-state index in [-0.39, 0.29) is 11.5 Å². The SMILES string of the molecule is Cn1ccnc1C(NC(=O)c1ccc2c(=O)n3c(nc2c1)CCC3)c1cccc(F)c1. The molecule has 1 N–H and O–H groups in total. The Morgan fingerprint density at radius 2 is 2.10 bits per heavy atom. The number of aryl methyl sites for hydroxylation is 2. The molecule has 1 amide bonds. The maximum absolute atomic E-state index is 13.9. The normalized spacial score (nSPS) is 13.9. The fourth-order valence-corrected chi connectivity index (χ4v) is 4.08. The number of carbonyl (C=O) groups excluding carboxylic acids is 1. The lowest BCUT2D eigenvalue weighted by Crippen LogP contribution is -2.31. The number of halogens is 1. The largest absolute Gasteiger partial charge is 0.338 e. The van der Waals surface area contributed by atoms with Gasteiger partial charge in [-0.25, -0.2) is 14.4 Å². The molecule has 1 atom stereocenters. The molecule has 0 saturated carbocycles. The summed E-state index contributed by atoms with van der Waals surface area (Å²) in [5.74, 6) is 0.575. The van der Waals surface area contributed by atoms with Crippen molar-refractivity contribution in [3.63, 3.8) is 0 Å². The highest BCUT2D eigenvalue weighted by Gasteiger charge is 2.23.